The van der Waals surface area contributed by atoms with E-state index in [-0.39, 0.29) is 36.1 Å². The summed E-state index contributed by atoms with van der Waals surface area (Å²) in [6, 6.07) is 0.422. The molecule has 2 aliphatic heterocycles. The van der Waals surface area contributed by atoms with Gasteiger partial charge in [0.2, 0.25) is 0 Å². The Morgan fingerprint density at radius 1 is 1.09 bits per heavy atom. The quantitative estimate of drug-likeness (QED) is 0.299. The van der Waals surface area contributed by atoms with Crippen molar-refractivity contribution in [1.29, 1.82) is 0 Å². The second-order valence-corrected chi connectivity index (χ2v) is 7.64. The van der Waals surface area contributed by atoms with Gasteiger partial charge in [-0.25, -0.2) is 4.79 Å². The lowest BCUT2D eigenvalue weighted by Crippen LogP contribution is -2.36. The van der Waals surface area contributed by atoms with E-state index < -0.39 is 0 Å². The van der Waals surface area contributed by atoms with E-state index in [1.165, 1.54) is 0 Å². The van der Waals surface area contributed by atoms with E-state index in [1.54, 1.807) is 0 Å². The SMILES string of the molecule is NCCCCC(=O)CC(=O)CCCC[C@@H]1SC[C@@H]2NC(=O)N[C@@H]21. The number of fused-ring (bicyclic) bond motifs is 1. The molecule has 0 aromatic heterocycles. The molecule has 4 N–H and O–H groups in total. The maximum atomic E-state index is 11.8. The molecular weight excluding hydrogens is 314 g/mol. The highest BCUT2D eigenvalue weighted by Crippen LogP contribution is 2.33. The van der Waals surface area contributed by atoms with Crippen LogP contribution in [0, 0.1) is 0 Å². The Bertz CT molecular complexity index is 444. The van der Waals surface area contributed by atoms with Crippen molar-refractivity contribution in [1.82, 2.24) is 10.6 Å². The van der Waals surface area contributed by atoms with Crippen molar-refractivity contribution >= 4 is 29.4 Å². The van der Waals surface area contributed by atoms with E-state index >= 15 is 0 Å². The zero-order valence-electron chi connectivity index (χ0n) is 13.5. The van der Waals surface area contributed by atoms with Crippen LogP contribution in [0.1, 0.15) is 51.4 Å². The number of rotatable bonds is 11. The molecule has 23 heavy (non-hydrogen) atoms. The molecule has 2 fully saturated rings. The van der Waals surface area contributed by atoms with Crippen molar-refractivity contribution < 1.29 is 14.4 Å². The van der Waals surface area contributed by atoms with Gasteiger partial charge in [0, 0.05) is 23.8 Å². The number of carbonyl (C=O) groups is 3. The van der Waals surface area contributed by atoms with Crippen LogP contribution in [-0.4, -0.2) is 47.2 Å². The molecule has 2 rings (SSSR count). The molecule has 0 aromatic carbocycles. The van der Waals surface area contributed by atoms with Crippen LogP contribution >= 0.6 is 11.8 Å². The summed E-state index contributed by atoms with van der Waals surface area (Å²) in [4.78, 5) is 34.7. The van der Waals surface area contributed by atoms with Gasteiger partial charge in [0.25, 0.3) is 0 Å². The van der Waals surface area contributed by atoms with Gasteiger partial charge in [0.15, 0.2) is 0 Å². The molecule has 0 aliphatic carbocycles. The second-order valence-electron chi connectivity index (χ2n) is 6.37. The highest BCUT2D eigenvalue weighted by atomic mass is 32.2. The van der Waals surface area contributed by atoms with Crippen LogP contribution in [0.25, 0.3) is 0 Å². The first-order valence-corrected chi connectivity index (χ1v) is 9.57. The van der Waals surface area contributed by atoms with Crippen LogP contribution in [0.4, 0.5) is 4.79 Å². The first kappa shape index (κ1) is 18.3. The van der Waals surface area contributed by atoms with Gasteiger partial charge in [-0.2, -0.15) is 11.8 Å². The predicted molar refractivity (Wildman–Crippen MR) is 91.5 cm³/mol. The molecule has 2 heterocycles. The number of Topliss-reactive ketones (excluding diaryl/α,β-unsaturated/α-hetero) is 2. The number of thioether (sulfide) groups is 1. The smallest absolute Gasteiger partial charge is 0.315 e. The Balaban J connectivity index is 1.54. The Hall–Kier alpha value is -1.08. The average molecular weight is 341 g/mol. The fourth-order valence-corrected chi connectivity index (χ4v) is 4.72. The normalized spacial score (nSPS) is 25.8. The van der Waals surface area contributed by atoms with Crippen molar-refractivity contribution in [2.24, 2.45) is 5.73 Å². The highest BCUT2D eigenvalue weighted by Gasteiger charge is 2.42. The molecule has 2 amide bonds. The molecule has 7 heteroatoms. The molecule has 0 saturated carbocycles. The summed E-state index contributed by atoms with van der Waals surface area (Å²) in [6.45, 7) is 0.595. The van der Waals surface area contributed by atoms with Crippen molar-refractivity contribution in [2.75, 3.05) is 12.3 Å². The van der Waals surface area contributed by atoms with Gasteiger partial charge in [-0.1, -0.05) is 6.42 Å². The minimum Gasteiger partial charge on any atom is -0.332 e. The highest BCUT2D eigenvalue weighted by molar-refractivity contribution is 8.00. The fourth-order valence-electron chi connectivity index (χ4n) is 3.17. The summed E-state index contributed by atoms with van der Waals surface area (Å²) in [7, 11) is 0. The van der Waals surface area contributed by atoms with E-state index in [0.29, 0.717) is 24.6 Å². The van der Waals surface area contributed by atoms with Crippen LogP contribution < -0.4 is 16.4 Å². The molecule has 0 aromatic rings. The molecular formula is C16H27N3O3S. The topological polar surface area (TPSA) is 101 Å². The number of nitrogens with one attached hydrogen (secondary N) is 2. The first-order valence-electron chi connectivity index (χ1n) is 8.52. The molecule has 2 saturated heterocycles. The van der Waals surface area contributed by atoms with Gasteiger partial charge in [-0.15, -0.1) is 0 Å². The average Bonchev–Trinajstić information content (AvgIpc) is 3.03. The number of amides is 2. The van der Waals surface area contributed by atoms with Crippen LogP contribution in [0.15, 0.2) is 0 Å². The maximum absolute atomic E-state index is 11.8. The van der Waals surface area contributed by atoms with Crippen LogP contribution in [0.2, 0.25) is 0 Å². The number of carbonyl (C=O) groups excluding carboxylic acids is 3. The lowest BCUT2D eigenvalue weighted by molar-refractivity contribution is -0.127. The number of urea groups is 1. The van der Waals surface area contributed by atoms with Gasteiger partial charge in [0.1, 0.15) is 11.6 Å². The standard InChI is InChI=1S/C16H27N3O3S/c17-8-4-3-6-12(21)9-11(20)5-1-2-7-14-15-13(10-23-14)18-16(22)19-15/h13-15H,1-10,17H2,(H2,18,19,22)/t13-,14-,15-/m0/s1. The third-order valence-electron chi connectivity index (χ3n) is 4.44. The lowest BCUT2D eigenvalue weighted by atomic mass is 10.0. The summed E-state index contributed by atoms with van der Waals surface area (Å²) < 4.78 is 0. The third kappa shape index (κ3) is 5.80. The zero-order chi connectivity index (χ0) is 16.7. The zero-order valence-corrected chi connectivity index (χ0v) is 14.3. The van der Waals surface area contributed by atoms with Gasteiger partial charge < -0.3 is 16.4 Å². The molecule has 130 valence electrons. The van der Waals surface area contributed by atoms with E-state index in [9.17, 15) is 14.4 Å². The van der Waals surface area contributed by atoms with Gasteiger partial charge >= 0.3 is 6.03 Å². The fraction of sp³-hybridized carbons (Fsp3) is 0.812. The van der Waals surface area contributed by atoms with Crippen molar-refractivity contribution in [3.63, 3.8) is 0 Å². The molecule has 0 radical (unpaired) electrons. The number of ketones is 2. The van der Waals surface area contributed by atoms with E-state index in [4.69, 9.17) is 5.73 Å². The number of hydrogen-bond donors (Lipinski definition) is 3. The lowest BCUT2D eigenvalue weighted by Gasteiger charge is -2.16. The Kier molecular flexibility index (Phi) is 7.36. The summed E-state index contributed by atoms with van der Waals surface area (Å²) >= 11 is 1.89. The summed E-state index contributed by atoms with van der Waals surface area (Å²) in [5, 5.41) is 6.34. The van der Waals surface area contributed by atoms with E-state index in [1.807, 2.05) is 11.8 Å². The van der Waals surface area contributed by atoms with Gasteiger partial charge in [-0.3, -0.25) is 9.59 Å². The van der Waals surface area contributed by atoms with Gasteiger partial charge in [-0.05, 0) is 32.2 Å². The Labute approximate surface area is 141 Å². The Morgan fingerprint density at radius 3 is 2.48 bits per heavy atom. The molecule has 2 aliphatic rings. The van der Waals surface area contributed by atoms with Crippen molar-refractivity contribution in [3.8, 4) is 0 Å². The van der Waals surface area contributed by atoms with Crippen LogP contribution in [-0.2, 0) is 9.59 Å². The number of nitrogens with two attached hydrogens (primary N) is 1. The van der Waals surface area contributed by atoms with Crippen molar-refractivity contribution in [3.05, 3.63) is 0 Å². The van der Waals surface area contributed by atoms with Crippen LogP contribution in [0.3, 0.4) is 0 Å². The summed E-state index contributed by atoms with van der Waals surface area (Å²) in [5.74, 6) is 1.05. The minimum absolute atomic E-state index is 0.0392. The first-order chi connectivity index (χ1) is 11.1. The number of unbranched alkanes of at least 4 members (excludes halogenated alkanes) is 2. The monoisotopic (exact) mass is 341 g/mol. The summed E-state index contributed by atoms with van der Waals surface area (Å²) in [6.07, 6.45) is 5.44. The third-order valence-corrected chi connectivity index (χ3v) is 5.95. The molecule has 6 nitrogen and oxygen atoms in total. The maximum Gasteiger partial charge on any atom is 0.315 e. The summed E-state index contributed by atoms with van der Waals surface area (Å²) in [5.41, 5.74) is 5.38. The van der Waals surface area contributed by atoms with E-state index in [0.717, 1.165) is 37.9 Å². The molecule has 0 unspecified atom stereocenters. The van der Waals surface area contributed by atoms with Crippen molar-refractivity contribution in [2.45, 2.75) is 68.7 Å². The predicted octanol–water partition coefficient (Wildman–Crippen LogP) is 1.37. The molecule has 3 atom stereocenters. The second kappa shape index (κ2) is 9.27. The minimum atomic E-state index is -0.0615. The largest absolute Gasteiger partial charge is 0.332 e. The van der Waals surface area contributed by atoms with E-state index in [2.05, 4.69) is 10.6 Å². The van der Waals surface area contributed by atoms with Gasteiger partial charge in [0.05, 0.1) is 18.5 Å². The van der Waals surface area contributed by atoms with Crippen LogP contribution in [0.5, 0.6) is 0 Å². The molecule has 0 spiro atoms. The number of hydrogen-bond acceptors (Lipinski definition) is 5. The Morgan fingerprint density at radius 2 is 1.78 bits per heavy atom. The molecule has 0 bridgehead atoms.